The molecule has 1 unspecified atom stereocenters. The lowest BCUT2D eigenvalue weighted by atomic mass is 9.73. The van der Waals surface area contributed by atoms with Gasteiger partial charge in [-0.2, -0.15) is 0 Å². The molecule has 4 heterocycles. The largest absolute Gasteiger partial charge is 0.455 e. The number of carbonyl (C=O) groups excluding carboxylic acids is 4. The molecule has 0 aliphatic carbocycles. The predicted molar refractivity (Wildman–Crippen MR) is 221 cm³/mol. The van der Waals surface area contributed by atoms with Crippen LogP contribution in [0.5, 0.6) is 0 Å². The van der Waals surface area contributed by atoms with Crippen LogP contribution >= 0.6 is 0 Å². The highest BCUT2D eigenvalue weighted by atomic mass is 19.1. The molecule has 0 spiro atoms. The molecule has 3 fully saturated rings. The normalized spacial score (nSPS) is 36.2. The molecule has 2 aromatic rings. The summed E-state index contributed by atoms with van der Waals surface area (Å²) < 4.78 is 77.0. The molecule has 5 rings (SSSR count). The molecule has 0 radical (unpaired) electrons. The van der Waals surface area contributed by atoms with E-state index in [1.54, 1.807) is 58.4 Å². The molecule has 13 atom stereocenters. The molecule has 3 aliphatic rings. The SMILES string of the molecule is C=CCN[C@H]1C[C@@H](C)O[C@@H](O[C@@H]2[C@H](C)C(=O)[C@](C)(F)C(=O)O[C@H](CC)[C@@]3(C)OC(=O)N(CCCCn4cnc(-c5ccc(F)cc5F)c4)C3[C@@H](C)C(=O)[C@H](C)C[C@@]2(C)OC)[C@H]1O. The number of imidazole rings is 1. The molecule has 14 nitrogen and oxygen atoms in total. The summed E-state index contributed by atoms with van der Waals surface area (Å²) >= 11 is 0. The van der Waals surface area contributed by atoms with Crippen molar-refractivity contribution in [3.05, 3.63) is 55.0 Å². The fourth-order valence-electron chi connectivity index (χ4n) is 9.56. The van der Waals surface area contributed by atoms with Crippen LogP contribution in [0.3, 0.4) is 0 Å². The van der Waals surface area contributed by atoms with Gasteiger partial charge in [0.15, 0.2) is 17.7 Å². The van der Waals surface area contributed by atoms with E-state index in [1.165, 1.54) is 31.3 Å². The average molecular weight is 877 g/mol. The molecule has 17 heteroatoms. The molecular formula is C45H63F3N4O10. The molecule has 3 aliphatic heterocycles. The van der Waals surface area contributed by atoms with E-state index in [4.69, 9.17) is 23.7 Å². The smallest absolute Gasteiger partial charge is 0.410 e. The maximum atomic E-state index is 16.9. The second-order valence-electron chi connectivity index (χ2n) is 17.7. The Kier molecular flexibility index (Phi) is 15.5. The van der Waals surface area contributed by atoms with E-state index in [9.17, 15) is 33.1 Å². The third kappa shape index (κ3) is 9.96. The Labute approximate surface area is 361 Å². The minimum absolute atomic E-state index is 0.0391. The van der Waals surface area contributed by atoms with E-state index in [0.717, 1.165) is 19.1 Å². The molecule has 0 bridgehead atoms. The van der Waals surface area contributed by atoms with E-state index < -0.39 is 107 Å². The zero-order chi connectivity index (χ0) is 45.9. The summed E-state index contributed by atoms with van der Waals surface area (Å²) in [5.41, 5.74) is -5.91. The Morgan fingerprint density at radius 1 is 1.06 bits per heavy atom. The average Bonchev–Trinajstić information content (AvgIpc) is 3.80. The number of fused-ring (bicyclic) bond motifs is 1. The number of aryl methyl sites for hydroxylation is 1. The van der Waals surface area contributed by atoms with E-state index in [-0.39, 0.29) is 30.7 Å². The number of aromatic nitrogens is 2. The minimum atomic E-state index is -3.22. The predicted octanol–water partition coefficient (Wildman–Crippen LogP) is 6.12. The molecule has 1 amide bonds. The summed E-state index contributed by atoms with van der Waals surface area (Å²) in [6.07, 6.45) is -0.197. The van der Waals surface area contributed by atoms with Crippen LogP contribution in [-0.2, 0) is 44.6 Å². The summed E-state index contributed by atoms with van der Waals surface area (Å²) in [5.74, 6) is -7.54. The summed E-state index contributed by atoms with van der Waals surface area (Å²) in [6, 6.07) is 1.77. The van der Waals surface area contributed by atoms with Crippen LogP contribution in [0.1, 0.15) is 87.5 Å². The molecule has 0 saturated carbocycles. The first-order chi connectivity index (χ1) is 29.1. The zero-order valence-electron chi connectivity index (χ0n) is 37.2. The van der Waals surface area contributed by atoms with Gasteiger partial charge in [0.2, 0.25) is 0 Å². The highest BCUT2D eigenvalue weighted by Crippen LogP contribution is 2.43. The number of ether oxygens (including phenoxy) is 5. The quantitative estimate of drug-likeness (QED) is 0.103. The van der Waals surface area contributed by atoms with Crippen LogP contribution in [-0.4, -0.2) is 123 Å². The number of hydrogen-bond donors (Lipinski definition) is 2. The van der Waals surface area contributed by atoms with Crippen LogP contribution in [0.25, 0.3) is 11.3 Å². The van der Waals surface area contributed by atoms with Gasteiger partial charge in [0.1, 0.15) is 29.6 Å². The highest BCUT2D eigenvalue weighted by Gasteiger charge is 2.61. The number of nitrogens with zero attached hydrogens (tertiary/aromatic N) is 3. The topological polar surface area (TPSA) is 168 Å². The first kappa shape index (κ1) is 48.9. The van der Waals surface area contributed by atoms with Crippen LogP contribution in [0.15, 0.2) is 43.4 Å². The van der Waals surface area contributed by atoms with E-state index in [0.29, 0.717) is 38.0 Å². The summed E-state index contributed by atoms with van der Waals surface area (Å²) in [4.78, 5) is 62.5. The molecular weight excluding hydrogens is 814 g/mol. The van der Waals surface area contributed by atoms with E-state index in [1.807, 2.05) is 0 Å². The number of alkyl halides is 1. The molecule has 62 heavy (non-hydrogen) atoms. The maximum absolute atomic E-state index is 16.9. The third-order valence-electron chi connectivity index (χ3n) is 13.0. The van der Waals surface area contributed by atoms with Crippen molar-refractivity contribution in [3.63, 3.8) is 0 Å². The Morgan fingerprint density at radius 3 is 2.40 bits per heavy atom. The molecule has 2 N–H and O–H groups in total. The number of hydrogen-bond acceptors (Lipinski definition) is 12. The van der Waals surface area contributed by atoms with Crippen molar-refractivity contribution in [1.29, 1.82) is 0 Å². The number of Topliss-reactive ketones (excluding diaryl/α,β-unsaturated/α-hetero) is 2. The maximum Gasteiger partial charge on any atom is 0.410 e. The van der Waals surface area contributed by atoms with Crippen molar-refractivity contribution in [2.45, 2.75) is 154 Å². The number of esters is 1. The van der Waals surface area contributed by atoms with Crippen LogP contribution in [0, 0.1) is 29.4 Å². The first-order valence-electron chi connectivity index (χ1n) is 21.5. The minimum Gasteiger partial charge on any atom is -0.455 e. The van der Waals surface area contributed by atoms with Gasteiger partial charge in [-0.25, -0.2) is 27.7 Å². The number of benzene rings is 1. The number of unbranched alkanes of at least 4 members (excludes halogenated alkanes) is 1. The standard InChI is InChI=1S/C45H63F3N4O10/c1-11-17-49-32-20-26(4)59-40(36(32)54)61-39-28(6)38(55)44(8,48)41(56)60-34(12-2)45(9)37(27(5)35(53)25(3)22-43(39,7)58-10)52(42(57)62-45)19-14-13-18-51-23-33(50-24-51)30-16-15-29(46)21-31(30)47/h11,15-16,21,23-28,32,34,36-37,39-40,49,54H,1,12-14,17-20,22H2,2-10H3/t25-,26-,27+,28-,32+,34-,36+,37?,39-,40+,43-,44+,45-/m1/s1. The van der Waals surface area contributed by atoms with Crippen molar-refractivity contribution in [1.82, 2.24) is 19.8 Å². The van der Waals surface area contributed by atoms with Gasteiger partial charge in [0, 0.05) is 68.4 Å². The Bertz CT molecular complexity index is 1950. The van der Waals surface area contributed by atoms with Crippen molar-refractivity contribution in [2.75, 3.05) is 20.2 Å². The summed E-state index contributed by atoms with van der Waals surface area (Å²) in [6.45, 7) is 16.9. The molecule has 344 valence electrons. The number of carbonyl (C=O) groups is 4. The van der Waals surface area contributed by atoms with Crippen molar-refractivity contribution in [2.24, 2.45) is 17.8 Å². The lowest BCUT2D eigenvalue weighted by Crippen LogP contribution is -2.62. The number of nitrogens with one attached hydrogen (secondary N) is 1. The van der Waals surface area contributed by atoms with Gasteiger partial charge < -0.3 is 43.6 Å². The number of methoxy groups -OCH3 is 1. The van der Waals surface area contributed by atoms with Gasteiger partial charge in [-0.1, -0.05) is 33.8 Å². The van der Waals surface area contributed by atoms with Crippen molar-refractivity contribution in [3.8, 4) is 11.3 Å². The van der Waals surface area contributed by atoms with Gasteiger partial charge in [-0.15, -0.1) is 6.58 Å². The lowest BCUT2D eigenvalue weighted by Gasteiger charge is -2.46. The first-order valence-corrected chi connectivity index (χ1v) is 21.5. The molecule has 1 aromatic carbocycles. The number of rotatable bonds is 13. The third-order valence-corrected chi connectivity index (χ3v) is 13.0. The number of aliphatic hydroxyl groups excluding tert-OH is 1. The molecule has 1 aromatic heterocycles. The van der Waals surface area contributed by atoms with Crippen molar-refractivity contribution < 1.29 is 61.1 Å². The second kappa shape index (κ2) is 19.7. The van der Waals surface area contributed by atoms with Crippen molar-refractivity contribution >= 4 is 23.6 Å². The number of amides is 1. The van der Waals surface area contributed by atoms with Gasteiger partial charge in [-0.3, -0.25) is 9.59 Å². The van der Waals surface area contributed by atoms with E-state index in [2.05, 4.69) is 16.9 Å². The van der Waals surface area contributed by atoms with Crippen LogP contribution in [0.4, 0.5) is 18.0 Å². The van der Waals surface area contributed by atoms with Gasteiger partial charge in [-0.05, 0) is 71.9 Å². The lowest BCUT2D eigenvalue weighted by molar-refractivity contribution is -0.290. The summed E-state index contributed by atoms with van der Waals surface area (Å²) in [7, 11) is 1.37. The van der Waals surface area contributed by atoms with Crippen LogP contribution < -0.4 is 5.32 Å². The van der Waals surface area contributed by atoms with Gasteiger partial charge in [0.05, 0.1) is 35.9 Å². The Balaban J connectivity index is 1.44. The van der Waals surface area contributed by atoms with E-state index >= 15 is 4.39 Å². The van der Waals surface area contributed by atoms with Crippen LogP contribution in [0.2, 0.25) is 0 Å². The fourth-order valence-corrected chi connectivity index (χ4v) is 9.56. The van der Waals surface area contributed by atoms with Gasteiger partial charge in [0.25, 0.3) is 5.67 Å². The summed E-state index contributed by atoms with van der Waals surface area (Å²) in [5, 5.41) is 14.6. The second-order valence-corrected chi connectivity index (χ2v) is 17.7. The molecule has 3 saturated heterocycles. The Morgan fingerprint density at radius 2 is 1.76 bits per heavy atom. The monoisotopic (exact) mass is 876 g/mol. The number of aliphatic hydroxyl groups is 1. The highest BCUT2D eigenvalue weighted by molar-refractivity contribution is 6.08. The Hall–Kier alpha value is -4.16. The number of ketones is 2. The number of cyclic esters (lactones) is 1. The fraction of sp³-hybridized carbons (Fsp3) is 0.667. The zero-order valence-corrected chi connectivity index (χ0v) is 37.2. The van der Waals surface area contributed by atoms with Gasteiger partial charge >= 0.3 is 12.1 Å². The number of halogens is 3.